The highest BCUT2D eigenvalue weighted by Crippen LogP contribution is 3.12. The van der Waals surface area contributed by atoms with Crippen LogP contribution in [-0.4, -0.2) is 216 Å². The summed E-state index contributed by atoms with van der Waals surface area (Å²) in [5, 5.41) is 0.174. The Balaban J connectivity index is 7.40. The van der Waals surface area contributed by atoms with Crippen molar-refractivity contribution in [1.29, 1.82) is 0 Å². The first-order valence-electron chi connectivity index (χ1n) is 35.1. The van der Waals surface area contributed by atoms with Crippen LogP contribution in [0.2, 0.25) is 0 Å². The van der Waals surface area contributed by atoms with Crippen molar-refractivity contribution in [3.63, 3.8) is 0 Å². The summed E-state index contributed by atoms with van der Waals surface area (Å²) in [7, 11) is -37.9. The second-order valence-electron chi connectivity index (χ2n) is 22.1. The van der Waals surface area contributed by atoms with Crippen molar-refractivity contribution in [2.75, 3.05) is 151 Å². The average Bonchev–Trinajstić information content (AvgIpc) is 0.627. The molecule has 0 saturated heterocycles. The van der Waals surface area contributed by atoms with Crippen LogP contribution in [-0.2, 0) is 79.7 Å². The standard InChI is InChI=1S/C54H132O18S24Si6/c1-19-55-97(56-20-2,57-21-3)46-91(79,85-73)52(92(80,86-74)47-98(58-22-4,59-23-5)60-24-6)44-42-40-38-37-39-41-43-45-53(93(81,87-75)48-99(61-25-7,62-26-8)63-27-9,94(82,88-76)49-100(64-28-10,65-29-11)66-30-12)54(52,95(83,89-77)50-101(67-31-13,68-32-14)69-33-15)96(84,90-78)51-102(70-34-16,71-35-17)72-36-18/h73-84H,19-51H2,1-18H3. The summed E-state index contributed by atoms with van der Waals surface area (Å²) in [6, 6.07) is 0. The van der Waals surface area contributed by atoms with E-state index in [0.717, 1.165) is 32.1 Å². The molecule has 0 bridgehead atoms. The molecule has 0 N–H and O–H groups in total. The molecule has 0 aromatic rings. The maximum atomic E-state index is 7.40. The molecular weight excluding hydrogens is 1870 g/mol. The van der Waals surface area contributed by atoms with E-state index in [9.17, 15) is 0 Å². The number of rotatable bonds is 60. The molecular formula is C54H132O18S24Si6. The van der Waals surface area contributed by atoms with Crippen molar-refractivity contribution in [2.45, 2.75) is 195 Å². The van der Waals surface area contributed by atoms with E-state index in [0.29, 0.717) is 12.8 Å². The van der Waals surface area contributed by atoms with Gasteiger partial charge in [-0.15, -0.1) is 188 Å². The zero-order chi connectivity index (χ0) is 77.8. The highest BCUT2D eigenvalue weighted by atomic mass is 33.8. The lowest BCUT2D eigenvalue weighted by molar-refractivity contribution is 0.0758. The van der Waals surface area contributed by atoms with Crippen molar-refractivity contribution < 1.29 is 79.7 Å². The molecule has 1 saturated carbocycles. The fourth-order valence-electron chi connectivity index (χ4n) is 13.3. The molecule has 0 aromatic heterocycles. The smallest absolute Gasteiger partial charge is 0.373 e. The van der Waals surface area contributed by atoms with Gasteiger partial charge >= 0.3 is 52.8 Å². The predicted molar refractivity (Wildman–Crippen MR) is 522 cm³/mol. The average molecular weight is 2010 g/mol. The maximum absolute atomic E-state index is 7.40. The van der Waals surface area contributed by atoms with E-state index < -0.39 is 114 Å². The van der Waals surface area contributed by atoms with Crippen LogP contribution in [0.5, 0.6) is 0 Å². The summed E-state index contributed by atoms with van der Waals surface area (Å²) < 4.78 is 127. The molecule has 1 fully saturated rings. The Bertz CT molecular complexity index is 1940. The van der Waals surface area contributed by atoms with Gasteiger partial charge in [0, 0.05) is 119 Å². The van der Waals surface area contributed by atoms with Gasteiger partial charge < -0.3 is 79.7 Å². The zero-order valence-corrected chi connectivity index (χ0v) is 90.0. The topological polar surface area (TPSA) is 166 Å². The summed E-state index contributed by atoms with van der Waals surface area (Å²) in [5.74, 6) is 0. The van der Waals surface area contributed by atoms with Crippen molar-refractivity contribution in [1.82, 2.24) is 0 Å². The maximum Gasteiger partial charge on any atom is 0.511 e. The number of hydrogen-bond donors (Lipinski definition) is 12. The molecule has 1 aliphatic rings. The lowest BCUT2D eigenvalue weighted by atomic mass is 9.98. The van der Waals surface area contributed by atoms with Crippen LogP contribution >= 0.6 is 247 Å². The minimum Gasteiger partial charge on any atom is -0.373 e. The Morgan fingerprint density at radius 3 is 0.451 bits per heavy atom. The van der Waals surface area contributed by atoms with Crippen molar-refractivity contribution in [3.05, 3.63) is 0 Å². The van der Waals surface area contributed by atoms with Crippen LogP contribution < -0.4 is 0 Å². The predicted octanol–water partition coefficient (Wildman–Crippen LogP) is 22.0. The van der Waals surface area contributed by atoms with Gasteiger partial charge in [-0.2, -0.15) is 0 Å². The van der Waals surface area contributed by atoms with Gasteiger partial charge in [-0.3, -0.25) is 0 Å². The molecule has 0 aliphatic heterocycles. The number of thiol groups is 12. The second-order valence-corrected chi connectivity index (χ2v) is 92.5. The third-order valence-corrected chi connectivity index (χ3v) is 120. The first-order chi connectivity index (χ1) is 48.4. The van der Waals surface area contributed by atoms with E-state index in [2.05, 4.69) is 0 Å². The normalized spacial score (nSPS) is 24.6. The van der Waals surface area contributed by atoms with Gasteiger partial charge in [0.25, 0.3) is 0 Å². The minimum atomic E-state index is -4.26. The fourth-order valence-corrected chi connectivity index (χ4v) is 143. The first kappa shape index (κ1) is 109. The quantitative estimate of drug-likeness (QED) is 0.0158. The van der Waals surface area contributed by atoms with Crippen LogP contribution in [0.25, 0.3) is 0 Å². The Morgan fingerprint density at radius 2 is 0.333 bits per heavy atom. The molecule has 0 spiro atoms. The van der Waals surface area contributed by atoms with Crippen LogP contribution in [0, 0.1) is 0 Å². The Morgan fingerprint density at radius 1 is 0.216 bits per heavy atom. The molecule has 0 aromatic carbocycles. The minimum absolute atomic E-state index is 0.0135. The molecule has 0 radical (unpaired) electrons. The first-order valence-corrected chi connectivity index (χ1v) is 78.1. The van der Waals surface area contributed by atoms with Gasteiger partial charge in [-0.05, 0) is 196 Å². The summed E-state index contributed by atoms with van der Waals surface area (Å²) in [4.78, 5) is 0. The molecule has 102 heavy (non-hydrogen) atoms. The summed E-state index contributed by atoms with van der Waals surface area (Å²) in [5.41, 5.74) is 0. The van der Waals surface area contributed by atoms with Gasteiger partial charge in [0.05, 0.1) is 40.4 Å². The molecule has 18 nitrogen and oxygen atoms in total. The van der Waals surface area contributed by atoms with Crippen LogP contribution in [0.4, 0.5) is 0 Å². The van der Waals surface area contributed by atoms with Gasteiger partial charge in [0.15, 0.2) is 0 Å². The third-order valence-electron chi connectivity index (χ3n) is 16.0. The largest absolute Gasteiger partial charge is 0.511 e. The molecule has 6 atom stereocenters. The van der Waals surface area contributed by atoms with E-state index in [1.54, 1.807) is 0 Å². The Kier molecular flexibility index (Phi) is 57.4. The summed E-state index contributed by atoms with van der Waals surface area (Å²) >= 11 is 77.3. The van der Waals surface area contributed by atoms with Crippen LogP contribution in [0.3, 0.4) is 0 Å². The van der Waals surface area contributed by atoms with Crippen LogP contribution in [0.1, 0.15) is 182 Å². The molecule has 6 unspecified atom stereocenters. The molecule has 0 amide bonds. The van der Waals surface area contributed by atoms with Gasteiger partial charge in [0.1, 0.15) is 4.08 Å². The van der Waals surface area contributed by atoms with Crippen molar-refractivity contribution >= 4 is 300 Å². The molecule has 1 aliphatic carbocycles. The van der Waals surface area contributed by atoms with E-state index in [1.165, 1.54) is 59.0 Å². The lowest BCUT2D eigenvalue weighted by Crippen LogP contribution is -2.76. The van der Waals surface area contributed by atoms with E-state index in [1.807, 2.05) is 125 Å². The molecule has 0 heterocycles. The monoisotopic (exact) mass is 2000 g/mol. The highest BCUT2D eigenvalue weighted by molar-refractivity contribution is 9.46. The fraction of sp³-hybridized carbons (Fsp3) is 1.00. The van der Waals surface area contributed by atoms with Crippen molar-refractivity contribution in [3.8, 4) is 0 Å². The SMILES string of the molecule is CCO[Si](CS(S)(SS)C1(S(S)(C[Si](OCC)(OCC)OCC)SS)CCCCCCCCCC(S(S)(C[Si](OCC)(OCC)OCC)SS)(S(S)(C[Si](OCC)(OCC)OCC)SS)C1(S(S)(C[Si](OCC)(OCC)OCC)SS)S(S)(C[Si](OCC)(OCC)OCC)SS)(OCC)OCC. The Labute approximate surface area is 716 Å². The summed E-state index contributed by atoms with van der Waals surface area (Å²) in [6.45, 7) is 39.3. The van der Waals surface area contributed by atoms with Gasteiger partial charge in [0.2, 0.25) is 0 Å². The van der Waals surface area contributed by atoms with Gasteiger partial charge in [-0.25, -0.2) is 0 Å². The molecule has 1 rings (SSSR count). The molecule has 624 valence electrons. The van der Waals surface area contributed by atoms with Crippen LogP contribution in [0.15, 0.2) is 0 Å². The highest BCUT2D eigenvalue weighted by Gasteiger charge is 2.90. The third kappa shape index (κ3) is 26.0. The zero-order valence-electron chi connectivity index (χ0n) is 63.4. The van der Waals surface area contributed by atoms with Crippen molar-refractivity contribution in [2.24, 2.45) is 0 Å². The lowest BCUT2D eigenvalue weighted by Gasteiger charge is -2.84. The second kappa shape index (κ2) is 53.7. The summed E-state index contributed by atoms with van der Waals surface area (Å²) in [6.07, 6.45) is 5.91. The van der Waals surface area contributed by atoms with E-state index >= 15 is 0 Å². The number of hydrogen-bond acceptors (Lipinski definition) is 36. The Hall–Kier alpha value is 8.98. The van der Waals surface area contributed by atoms with E-state index in [4.69, 9.17) is 220 Å². The van der Waals surface area contributed by atoms with Gasteiger partial charge in [-0.1, -0.05) is 44.9 Å². The van der Waals surface area contributed by atoms with E-state index in [-0.39, 0.29) is 164 Å². The molecule has 48 heteroatoms.